The van der Waals surface area contributed by atoms with Gasteiger partial charge >= 0.3 is 0 Å². The van der Waals surface area contributed by atoms with Gasteiger partial charge in [0.2, 0.25) is 0 Å². The van der Waals surface area contributed by atoms with Crippen molar-refractivity contribution < 1.29 is 13.9 Å². The highest BCUT2D eigenvalue weighted by atomic mass is 35.5. The first-order chi connectivity index (χ1) is 12.7. The Hall–Kier alpha value is -1.50. The number of halogens is 4. The molecular weight excluding hydrogens is 418 g/mol. The van der Waals surface area contributed by atoms with E-state index in [2.05, 4.69) is 5.10 Å². The Labute approximate surface area is 171 Å². The van der Waals surface area contributed by atoms with Gasteiger partial charge in [0.1, 0.15) is 17.4 Å². The number of nitrogens with zero attached hydrogens (tertiary/aromatic N) is 2. The zero-order chi connectivity index (χ0) is 20.2. The van der Waals surface area contributed by atoms with Gasteiger partial charge in [0.15, 0.2) is 10.8 Å². The van der Waals surface area contributed by atoms with Gasteiger partial charge < -0.3 is 9.47 Å². The summed E-state index contributed by atoms with van der Waals surface area (Å²) in [6, 6.07) is 3.30. The molecule has 0 saturated carbocycles. The molecule has 148 valence electrons. The van der Waals surface area contributed by atoms with E-state index in [9.17, 15) is 9.18 Å². The molecule has 0 bridgehead atoms. The first kappa shape index (κ1) is 21.8. The van der Waals surface area contributed by atoms with E-state index in [4.69, 9.17) is 44.3 Å². The quantitative estimate of drug-likeness (QED) is 0.553. The van der Waals surface area contributed by atoms with Gasteiger partial charge in [-0.25, -0.2) is 4.68 Å². The van der Waals surface area contributed by atoms with Crippen molar-refractivity contribution in [2.24, 2.45) is 0 Å². The summed E-state index contributed by atoms with van der Waals surface area (Å²) in [6.45, 7) is 5.29. The first-order valence-corrected chi connectivity index (χ1v) is 9.37. The Bertz CT molecular complexity index is 866. The first-order valence-electron chi connectivity index (χ1n) is 8.23. The van der Waals surface area contributed by atoms with Crippen molar-refractivity contribution in [2.75, 3.05) is 13.3 Å². The van der Waals surface area contributed by atoms with Gasteiger partial charge in [-0.2, -0.15) is 5.10 Å². The molecule has 0 aliphatic heterocycles. The fourth-order valence-corrected chi connectivity index (χ4v) is 2.82. The second-order valence-electron chi connectivity index (χ2n) is 6.74. The Morgan fingerprint density at radius 2 is 1.78 bits per heavy atom. The summed E-state index contributed by atoms with van der Waals surface area (Å²) in [7, 11) is 0. The van der Waals surface area contributed by atoms with Crippen LogP contribution in [0, 0.1) is 0 Å². The van der Waals surface area contributed by atoms with Crippen molar-refractivity contribution in [3.63, 3.8) is 0 Å². The van der Waals surface area contributed by atoms with Gasteiger partial charge in [0.25, 0.3) is 5.56 Å². The minimum Gasteiger partial charge on any atom is -0.492 e. The molecular formula is C18H20Cl3FN2O3. The fraction of sp³-hybridized carbons (Fsp3) is 0.444. The zero-order valence-corrected chi connectivity index (χ0v) is 17.5. The molecule has 0 radical (unpaired) electrons. The van der Waals surface area contributed by atoms with Crippen molar-refractivity contribution in [1.82, 2.24) is 9.78 Å². The Morgan fingerprint density at radius 3 is 2.41 bits per heavy atom. The maximum absolute atomic E-state index is 12.3. The molecule has 9 heteroatoms. The van der Waals surface area contributed by atoms with Crippen LogP contribution < -0.4 is 15.0 Å². The van der Waals surface area contributed by atoms with Crippen molar-refractivity contribution >= 4 is 34.8 Å². The van der Waals surface area contributed by atoms with Crippen LogP contribution >= 0.6 is 34.8 Å². The average Bonchev–Trinajstić information content (AvgIpc) is 2.60. The van der Waals surface area contributed by atoms with Gasteiger partial charge in [-0.15, -0.1) is 0 Å². The molecule has 0 saturated heterocycles. The summed E-state index contributed by atoms with van der Waals surface area (Å²) < 4.78 is 24.4. The van der Waals surface area contributed by atoms with Crippen LogP contribution in [0.15, 0.2) is 23.1 Å². The second kappa shape index (κ2) is 9.13. The number of benzene rings is 1. The molecule has 1 heterocycles. The van der Waals surface area contributed by atoms with Gasteiger partial charge in [-0.3, -0.25) is 9.18 Å². The second-order valence-corrected chi connectivity index (χ2v) is 7.87. The van der Waals surface area contributed by atoms with Gasteiger partial charge in [0.05, 0.1) is 30.0 Å². The molecule has 2 rings (SSSR count). The molecule has 5 nitrogen and oxygen atoms in total. The fourth-order valence-electron chi connectivity index (χ4n) is 2.18. The lowest BCUT2D eigenvalue weighted by Gasteiger charge is -2.21. The normalized spacial score (nSPS) is 11.5. The van der Waals surface area contributed by atoms with E-state index in [0.717, 1.165) is 0 Å². The zero-order valence-electron chi connectivity index (χ0n) is 15.2. The van der Waals surface area contributed by atoms with Crippen LogP contribution in [0.25, 0.3) is 0 Å². The molecule has 1 aromatic heterocycles. The molecule has 0 aliphatic carbocycles. The summed E-state index contributed by atoms with van der Waals surface area (Å²) in [6.07, 6.45) is 1.66. The molecule has 27 heavy (non-hydrogen) atoms. The van der Waals surface area contributed by atoms with Crippen LogP contribution in [0.2, 0.25) is 15.1 Å². The van der Waals surface area contributed by atoms with Gasteiger partial charge in [-0.1, -0.05) is 40.9 Å². The molecule has 0 aliphatic rings. The van der Waals surface area contributed by atoms with Crippen molar-refractivity contribution in [3.8, 4) is 11.5 Å². The summed E-state index contributed by atoms with van der Waals surface area (Å²) in [5.74, 6) is 0.518. The summed E-state index contributed by atoms with van der Waals surface area (Å²) in [5.41, 5.74) is -0.369. The third-order valence-corrected chi connectivity index (χ3v) is 4.82. The molecule has 1 aromatic carbocycles. The highest BCUT2D eigenvalue weighted by Crippen LogP contribution is 2.35. The van der Waals surface area contributed by atoms with Crippen LogP contribution in [-0.2, 0) is 12.1 Å². The number of aromatic nitrogens is 2. The van der Waals surface area contributed by atoms with Crippen LogP contribution in [0.4, 0.5) is 4.39 Å². The minimum atomic E-state index is -0.506. The summed E-state index contributed by atoms with van der Waals surface area (Å²) in [4.78, 5) is 12.3. The van der Waals surface area contributed by atoms with E-state index in [1.807, 2.05) is 20.8 Å². The molecule has 0 fully saturated rings. The molecule has 2 aromatic rings. The van der Waals surface area contributed by atoms with E-state index >= 15 is 0 Å². The van der Waals surface area contributed by atoms with Gasteiger partial charge in [-0.05, 0) is 26.8 Å². The van der Waals surface area contributed by atoms with E-state index in [0.29, 0.717) is 11.3 Å². The Kier molecular flexibility index (Phi) is 7.37. The van der Waals surface area contributed by atoms with Crippen LogP contribution in [-0.4, -0.2) is 23.1 Å². The molecule has 0 spiro atoms. The van der Waals surface area contributed by atoms with Crippen molar-refractivity contribution in [2.45, 2.75) is 39.3 Å². The maximum Gasteiger partial charge on any atom is 0.289 e. The number of hydrogen-bond acceptors (Lipinski definition) is 4. The van der Waals surface area contributed by atoms with E-state index in [-0.39, 0.29) is 40.5 Å². The number of alkyl halides is 1. The third-order valence-electron chi connectivity index (χ3n) is 3.57. The summed E-state index contributed by atoms with van der Waals surface area (Å²) >= 11 is 18.6. The highest BCUT2D eigenvalue weighted by molar-refractivity contribution is 6.43. The number of hydrogen-bond donors (Lipinski definition) is 0. The van der Waals surface area contributed by atoms with E-state index < -0.39 is 17.8 Å². The number of rotatable bonds is 7. The monoisotopic (exact) mass is 436 g/mol. The lowest BCUT2D eigenvalue weighted by atomic mass is 10.1. The minimum absolute atomic E-state index is 0.0314. The van der Waals surface area contributed by atoms with E-state index in [1.54, 1.807) is 12.1 Å². The SMILES string of the molecule is CC(C)(C)n1ncc(OCc2ccc(OCCCF)c(Cl)c2Cl)c(Cl)c1=O. The molecule has 0 N–H and O–H groups in total. The predicted octanol–water partition coefficient (Wildman–Crippen LogP) is 5.28. The maximum atomic E-state index is 12.3. The summed E-state index contributed by atoms with van der Waals surface area (Å²) in [5, 5.41) is 4.51. The Morgan fingerprint density at radius 1 is 1.07 bits per heavy atom. The highest BCUT2D eigenvalue weighted by Gasteiger charge is 2.20. The number of ether oxygens (including phenoxy) is 2. The van der Waals surface area contributed by atoms with Crippen LogP contribution in [0.3, 0.4) is 0 Å². The lowest BCUT2D eigenvalue weighted by molar-refractivity contribution is 0.287. The topological polar surface area (TPSA) is 53.4 Å². The van der Waals surface area contributed by atoms with Crippen molar-refractivity contribution in [3.05, 3.63) is 49.3 Å². The Balaban J connectivity index is 2.16. The molecule has 0 atom stereocenters. The van der Waals surface area contributed by atoms with Crippen LogP contribution in [0.1, 0.15) is 32.8 Å². The molecule has 0 unspecified atom stereocenters. The largest absolute Gasteiger partial charge is 0.492 e. The molecule has 0 amide bonds. The van der Waals surface area contributed by atoms with E-state index in [1.165, 1.54) is 10.9 Å². The predicted molar refractivity (Wildman–Crippen MR) is 105 cm³/mol. The standard InChI is InChI=1S/C18H20Cl3FN2O3/c1-18(2,3)24-17(25)16(21)13(9-23-24)27-10-11-5-6-12(15(20)14(11)19)26-8-4-7-22/h5-6,9H,4,7-8,10H2,1-3H3. The third kappa shape index (κ3) is 5.27. The lowest BCUT2D eigenvalue weighted by Crippen LogP contribution is -2.36. The van der Waals surface area contributed by atoms with Crippen molar-refractivity contribution in [1.29, 1.82) is 0 Å². The smallest absolute Gasteiger partial charge is 0.289 e. The average molecular weight is 438 g/mol. The van der Waals surface area contributed by atoms with Gasteiger partial charge in [0, 0.05) is 12.0 Å². The van der Waals surface area contributed by atoms with Crippen LogP contribution in [0.5, 0.6) is 11.5 Å².